The topological polar surface area (TPSA) is 38.4 Å². The predicted molar refractivity (Wildman–Crippen MR) is 63.2 cm³/mol. The third-order valence-corrected chi connectivity index (χ3v) is 2.71. The summed E-state index contributed by atoms with van der Waals surface area (Å²) in [6.07, 6.45) is 0. The van der Waals surface area contributed by atoms with Crippen LogP contribution >= 0.6 is 34.8 Å². The van der Waals surface area contributed by atoms with Gasteiger partial charge in [0.2, 0.25) is 0 Å². The highest BCUT2D eigenvalue weighted by molar-refractivity contribution is 6.39. The van der Waals surface area contributed by atoms with Crippen LogP contribution in [0.5, 0.6) is 0 Å². The molecule has 0 aliphatic rings. The first-order chi connectivity index (χ1) is 6.56. The van der Waals surface area contributed by atoms with Crippen LogP contribution in [0.25, 0.3) is 0 Å². The van der Waals surface area contributed by atoms with Crippen LogP contribution in [0.4, 0.5) is 5.69 Å². The molecule has 0 unspecified atom stereocenters. The highest BCUT2D eigenvalue weighted by Crippen LogP contribution is 2.35. The summed E-state index contributed by atoms with van der Waals surface area (Å²) in [6, 6.07) is 3.55. The molecule has 2 N–H and O–H groups in total. The Morgan fingerprint density at radius 3 is 2.64 bits per heavy atom. The maximum Gasteiger partial charge on any atom is 0.115 e. The molecule has 14 heavy (non-hydrogen) atoms. The molecule has 0 aliphatic heterocycles. The normalized spacial score (nSPS) is 11.9. The van der Waals surface area contributed by atoms with Crippen LogP contribution in [0, 0.1) is 6.92 Å². The molecule has 0 radical (unpaired) electrons. The summed E-state index contributed by atoms with van der Waals surface area (Å²) in [4.78, 5) is 4.04. The second-order valence-electron chi connectivity index (χ2n) is 2.76. The molecular weight excluding hydrogens is 242 g/mol. The first kappa shape index (κ1) is 11.6. The Balaban J connectivity index is 3.26. The van der Waals surface area contributed by atoms with E-state index in [1.807, 2.05) is 13.0 Å². The van der Waals surface area contributed by atoms with Gasteiger partial charge in [0.15, 0.2) is 0 Å². The molecule has 0 aromatic heterocycles. The molecule has 0 fully saturated rings. The fraction of sp³-hybridized carbons (Fsp3) is 0.222. The lowest BCUT2D eigenvalue weighted by Gasteiger charge is -2.05. The van der Waals surface area contributed by atoms with Crippen LogP contribution < -0.4 is 5.73 Å². The number of aliphatic imine (C=N–C) groups is 1. The molecular formula is C9H9Cl3N2. The van der Waals surface area contributed by atoms with E-state index >= 15 is 0 Å². The number of hydrogen-bond acceptors (Lipinski definition) is 1. The molecule has 0 atom stereocenters. The zero-order chi connectivity index (χ0) is 10.7. The first-order valence-corrected chi connectivity index (χ1v) is 5.19. The number of nitrogens with two attached hydrogens (primary N) is 1. The van der Waals surface area contributed by atoms with Crippen molar-refractivity contribution in [3.63, 3.8) is 0 Å². The summed E-state index contributed by atoms with van der Waals surface area (Å²) in [5.74, 6) is 0.446. The van der Waals surface area contributed by atoms with Crippen molar-refractivity contribution >= 4 is 46.3 Å². The number of benzene rings is 1. The van der Waals surface area contributed by atoms with Crippen LogP contribution in [0.1, 0.15) is 5.56 Å². The van der Waals surface area contributed by atoms with E-state index in [2.05, 4.69) is 4.99 Å². The lowest BCUT2D eigenvalue weighted by Crippen LogP contribution is -2.12. The number of nitrogens with zero attached hydrogens (tertiary/aromatic N) is 1. The maximum atomic E-state index is 6.01. The summed E-state index contributed by atoms with van der Waals surface area (Å²) in [6.45, 7) is 1.87. The van der Waals surface area contributed by atoms with Crippen LogP contribution in [-0.4, -0.2) is 11.7 Å². The van der Waals surface area contributed by atoms with Gasteiger partial charge in [0, 0.05) is 0 Å². The summed E-state index contributed by atoms with van der Waals surface area (Å²) in [5.41, 5.74) is 6.87. The SMILES string of the molecule is Cc1ccc(Cl)c(N=C(N)CCl)c1Cl. The van der Waals surface area contributed by atoms with Crippen molar-refractivity contribution in [1.29, 1.82) is 0 Å². The summed E-state index contributed by atoms with van der Waals surface area (Å²) >= 11 is 17.4. The highest BCUT2D eigenvalue weighted by Gasteiger charge is 2.07. The molecule has 5 heteroatoms. The minimum atomic E-state index is 0.153. The zero-order valence-corrected chi connectivity index (χ0v) is 9.79. The van der Waals surface area contributed by atoms with Gasteiger partial charge in [0.1, 0.15) is 11.5 Å². The molecule has 0 heterocycles. The van der Waals surface area contributed by atoms with Crippen LogP contribution in [0.15, 0.2) is 17.1 Å². The van der Waals surface area contributed by atoms with E-state index in [0.29, 0.717) is 21.6 Å². The maximum absolute atomic E-state index is 6.01. The molecule has 1 aromatic rings. The standard InChI is InChI=1S/C9H9Cl3N2/c1-5-2-3-6(11)9(8(5)12)14-7(13)4-10/h2-3H,4H2,1H3,(H2,13,14). The largest absolute Gasteiger partial charge is 0.386 e. The van der Waals surface area contributed by atoms with Crippen LogP contribution in [0.3, 0.4) is 0 Å². The average molecular weight is 252 g/mol. The van der Waals surface area contributed by atoms with Gasteiger partial charge < -0.3 is 5.73 Å². The van der Waals surface area contributed by atoms with Gasteiger partial charge in [-0.25, -0.2) is 4.99 Å². The van der Waals surface area contributed by atoms with Gasteiger partial charge in [-0.1, -0.05) is 29.3 Å². The molecule has 0 aliphatic carbocycles. The Labute approximate surface area is 97.7 Å². The Kier molecular flexibility index (Phi) is 4.05. The minimum Gasteiger partial charge on any atom is -0.386 e. The number of alkyl halides is 1. The Bertz CT molecular complexity index is 375. The molecule has 0 amide bonds. The predicted octanol–water partition coefficient (Wildman–Crippen LogP) is 3.53. The van der Waals surface area contributed by atoms with Gasteiger partial charge in [0.05, 0.1) is 15.9 Å². The number of aryl methyl sites for hydroxylation is 1. The molecule has 0 saturated carbocycles. The highest BCUT2D eigenvalue weighted by atomic mass is 35.5. The zero-order valence-electron chi connectivity index (χ0n) is 7.52. The Morgan fingerprint density at radius 1 is 1.43 bits per heavy atom. The van der Waals surface area contributed by atoms with E-state index in [0.717, 1.165) is 5.56 Å². The molecule has 1 aromatic carbocycles. The van der Waals surface area contributed by atoms with Gasteiger partial charge in [0.25, 0.3) is 0 Å². The van der Waals surface area contributed by atoms with Gasteiger partial charge in [-0.15, -0.1) is 11.6 Å². The van der Waals surface area contributed by atoms with E-state index in [4.69, 9.17) is 40.5 Å². The fourth-order valence-electron chi connectivity index (χ4n) is 0.918. The molecule has 0 spiro atoms. The van der Waals surface area contributed by atoms with Gasteiger partial charge in [-0.2, -0.15) is 0 Å². The smallest absolute Gasteiger partial charge is 0.115 e. The van der Waals surface area contributed by atoms with E-state index in [9.17, 15) is 0 Å². The third-order valence-electron chi connectivity index (χ3n) is 1.65. The van der Waals surface area contributed by atoms with Gasteiger partial charge in [-0.05, 0) is 18.6 Å². The van der Waals surface area contributed by atoms with Crippen molar-refractivity contribution in [3.05, 3.63) is 27.7 Å². The Hall–Kier alpha value is -0.440. The number of hydrogen-bond donors (Lipinski definition) is 1. The van der Waals surface area contributed by atoms with Crippen LogP contribution in [0.2, 0.25) is 10.0 Å². The number of rotatable bonds is 2. The van der Waals surface area contributed by atoms with E-state index in [1.165, 1.54) is 0 Å². The van der Waals surface area contributed by atoms with Crippen molar-refractivity contribution in [3.8, 4) is 0 Å². The lowest BCUT2D eigenvalue weighted by atomic mass is 10.2. The minimum absolute atomic E-state index is 0.153. The molecule has 2 nitrogen and oxygen atoms in total. The molecule has 76 valence electrons. The molecule has 1 rings (SSSR count). The van der Waals surface area contributed by atoms with Crippen molar-refractivity contribution in [1.82, 2.24) is 0 Å². The van der Waals surface area contributed by atoms with Gasteiger partial charge >= 0.3 is 0 Å². The fourth-order valence-corrected chi connectivity index (χ4v) is 1.43. The van der Waals surface area contributed by atoms with Crippen molar-refractivity contribution in [2.24, 2.45) is 10.7 Å². The first-order valence-electron chi connectivity index (χ1n) is 3.90. The quantitative estimate of drug-likeness (QED) is 0.487. The van der Waals surface area contributed by atoms with Gasteiger partial charge in [-0.3, -0.25) is 0 Å². The molecule has 0 bridgehead atoms. The van der Waals surface area contributed by atoms with Crippen LogP contribution in [-0.2, 0) is 0 Å². The van der Waals surface area contributed by atoms with Crippen molar-refractivity contribution in [2.75, 3.05) is 5.88 Å². The monoisotopic (exact) mass is 250 g/mol. The Morgan fingerprint density at radius 2 is 2.07 bits per heavy atom. The second kappa shape index (κ2) is 4.87. The number of halogens is 3. The summed E-state index contributed by atoms with van der Waals surface area (Å²) in [7, 11) is 0. The van der Waals surface area contributed by atoms with E-state index in [-0.39, 0.29) is 5.88 Å². The van der Waals surface area contributed by atoms with Crippen molar-refractivity contribution in [2.45, 2.75) is 6.92 Å². The number of amidine groups is 1. The lowest BCUT2D eigenvalue weighted by molar-refractivity contribution is 1.40. The van der Waals surface area contributed by atoms with E-state index in [1.54, 1.807) is 6.07 Å². The molecule has 0 saturated heterocycles. The summed E-state index contributed by atoms with van der Waals surface area (Å²) < 4.78 is 0. The second-order valence-corrected chi connectivity index (χ2v) is 3.82. The third kappa shape index (κ3) is 2.53. The van der Waals surface area contributed by atoms with Crippen molar-refractivity contribution < 1.29 is 0 Å². The van der Waals surface area contributed by atoms with E-state index < -0.39 is 0 Å². The summed E-state index contributed by atoms with van der Waals surface area (Å²) in [5, 5.41) is 0.972. The average Bonchev–Trinajstić information content (AvgIpc) is 2.18.